The minimum atomic E-state index is -3.14. The smallest absolute Gasteiger partial charge is 0.208 e. The summed E-state index contributed by atoms with van der Waals surface area (Å²) in [5, 5.41) is 0.660. The molecule has 20 heavy (non-hydrogen) atoms. The molecule has 0 aliphatic carbocycles. The highest BCUT2D eigenvalue weighted by Crippen LogP contribution is 2.22. The fourth-order valence-corrected chi connectivity index (χ4v) is 3.17. The van der Waals surface area contributed by atoms with Crippen molar-refractivity contribution in [1.29, 1.82) is 0 Å². The van der Waals surface area contributed by atoms with Gasteiger partial charge >= 0.3 is 0 Å². The molecular weight excluding hydrogens is 298 g/mol. The van der Waals surface area contributed by atoms with E-state index in [9.17, 15) is 8.42 Å². The second-order valence-corrected chi connectivity index (χ2v) is 7.45. The first-order valence-corrected chi connectivity index (χ1v) is 9.00. The molecule has 0 amide bonds. The second kappa shape index (κ2) is 6.85. The Balaban J connectivity index is 2.02. The standard InChI is InChI=1S/C13H20ClN3O2S/c1-20(18,19)16-8-12-4-2-3-7-17(12)10-11-5-6-15-9-13(11)14/h5-6,9,12,16H,2-4,7-8,10H2,1H3/t12-/m0/s1. The van der Waals surface area contributed by atoms with Gasteiger partial charge in [-0.2, -0.15) is 0 Å². The van der Waals surface area contributed by atoms with Crippen molar-refractivity contribution < 1.29 is 8.42 Å². The third kappa shape index (κ3) is 4.70. The van der Waals surface area contributed by atoms with Crippen LogP contribution in [0.15, 0.2) is 18.5 Å². The number of pyridine rings is 1. The van der Waals surface area contributed by atoms with E-state index in [-0.39, 0.29) is 6.04 Å². The lowest BCUT2D eigenvalue weighted by Crippen LogP contribution is -2.46. The number of hydrogen-bond donors (Lipinski definition) is 1. The highest BCUT2D eigenvalue weighted by Gasteiger charge is 2.23. The quantitative estimate of drug-likeness (QED) is 0.897. The van der Waals surface area contributed by atoms with Crippen LogP contribution in [0.5, 0.6) is 0 Å². The van der Waals surface area contributed by atoms with Gasteiger partial charge in [0.25, 0.3) is 0 Å². The van der Waals surface area contributed by atoms with Gasteiger partial charge in [-0.1, -0.05) is 18.0 Å². The van der Waals surface area contributed by atoms with Crippen LogP contribution in [0.25, 0.3) is 0 Å². The Morgan fingerprint density at radius 2 is 2.30 bits per heavy atom. The van der Waals surface area contributed by atoms with Crippen LogP contribution in [-0.2, 0) is 16.6 Å². The lowest BCUT2D eigenvalue weighted by molar-refractivity contribution is 0.142. The molecule has 0 radical (unpaired) electrons. The molecular formula is C13H20ClN3O2S. The van der Waals surface area contributed by atoms with Crippen LogP contribution in [0.3, 0.4) is 0 Å². The van der Waals surface area contributed by atoms with E-state index in [2.05, 4.69) is 14.6 Å². The number of sulfonamides is 1. The van der Waals surface area contributed by atoms with Crippen LogP contribution in [0.2, 0.25) is 5.02 Å². The van der Waals surface area contributed by atoms with Crippen LogP contribution in [0.4, 0.5) is 0 Å². The summed E-state index contributed by atoms with van der Waals surface area (Å²) in [6.07, 6.45) is 7.85. The Hall–Kier alpha value is -0.690. The average molecular weight is 318 g/mol. The number of hydrogen-bond acceptors (Lipinski definition) is 4. The van der Waals surface area contributed by atoms with Crippen molar-refractivity contribution in [2.45, 2.75) is 31.8 Å². The number of halogens is 1. The highest BCUT2D eigenvalue weighted by molar-refractivity contribution is 7.88. The first kappa shape index (κ1) is 15.7. The summed E-state index contributed by atoms with van der Waals surface area (Å²) in [7, 11) is -3.14. The van der Waals surface area contributed by atoms with Crippen molar-refractivity contribution in [1.82, 2.24) is 14.6 Å². The molecule has 7 heteroatoms. The first-order chi connectivity index (χ1) is 9.46. The molecule has 0 bridgehead atoms. The average Bonchev–Trinajstić information content (AvgIpc) is 2.39. The number of rotatable bonds is 5. The summed E-state index contributed by atoms with van der Waals surface area (Å²) in [4.78, 5) is 6.28. The van der Waals surface area contributed by atoms with Gasteiger partial charge in [-0.25, -0.2) is 13.1 Å². The van der Waals surface area contributed by atoms with Crippen molar-refractivity contribution >= 4 is 21.6 Å². The third-order valence-corrected chi connectivity index (χ3v) is 4.59. The zero-order valence-corrected chi connectivity index (χ0v) is 13.1. The van der Waals surface area contributed by atoms with Crippen LogP contribution in [0, 0.1) is 0 Å². The maximum atomic E-state index is 11.2. The van der Waals surface area contributed by atoms with E-state index in [0.717, 1.165) is 37.9 Å². The van der Waals surface area contributed by atoms with Crippen molar-refractivity contribution in [3.63, 3.8) is 0 Å². The van der Waals surface area contributed by atoms with Gasteiger partial charge in [-0.05, 0) is 31.0 Å². The van der Waals surface area contributed by atoms with E-state index in [1.807, 2.05) is 6.07 Å². The molecule has 5 nitrogen and oxygen atoms in total. The number of piperidine rings is 1. The molecule has 1 atom stereocenters. The summed E-state index contributed by atoms with van der Waals surface area (Å²) in [6.45, 7) is 2.16. The summed E-state index contributed by atoms with van der Waals surface area (Å²) in [6, 6.07) is 2.14. The van der Waals surface area contributed by atoms with E-state index in [4.69, 9.17) is 11.6 Å². The summed E-state index contributed by atoms with van der Waals surface area (Å²) >= 11 is 6.14. The maximum Gasteiger partial charge on any atom is 0.208 e. The van der Waals surface area contributed by atoms with Crippen LogP contribution in [0.1, 0.15) is 24.8 Å². The summed E-state index contributed by atoms with van der Waals surface area (Å²) < 4.78 is 25.1. The molecule has 1 aromatic rings. The topological polar surface area (TPSA) is 62.3 Å². The van der Waals surface area contributed by atoms with Crippen LogP contribution < -0.4 is 4.72 Å². The van der Waals surface area contributed by atoms with Gasteiger partial charge in [0, 0.05) is 31.5 Å². The second-order valence-electron chi connectivity index (χ2n) is 5.21. The Labute approximate surface area is 125 Å². The molecule has 1 aliphatic rings. The number of nitrogens with zero attached hydrogens (tertiary/aromatic N) is 2. The Morgan fingerprint density at radius 1 is 1.50 bits per heavy atom. The largest absolute Gasteiger partial charge is 0.295 e. The molecule has 1 aliphatic heterocycles. The van der Waals surface area contributed by atoms with E-state index >= 15 is 0 Å². The molecule has 1 fully saturated rings. The normalized spacial score (nSPS) is 21.0. The summed E-state index contributed by atoms with van der Waals surface area (Å²) in [5.74, 6) is 0. The highest BCUT2D eigenvalue weighted by atomic mass is 35.5. The number of aromatic nitrogens is 1. The number of nitrogens with one attached hydrogen (secondary N) is 1. The van der Waals surface area contributed by atoms with Gasteiger partial charge in [-0.15, -0.1) is 0 Å². The Bertz CT molecular complexity index is 550. The van der Waals surface area contributed by atoms with Gasteiger partial charge in [0.05, 0.1) is 11.3 Å². The predicted molar refractivity (Wildman–Crippen MR) is 80.1 cm³/mol. The fraction of sp³-hybridized carbons (Fsp3) is 0.615. The van der Waals surface area contributed by atoms with Crippen molar-refractivity contribution in [2.24, 2.45) is 0 Å². The van der Waals surface area contributed by atoms with Crippen molar-refractivity contribution in [3.8, 4) is 0 Å². The van der Waals surface area contributed by atoms with Crippen molar-refractivity contribution in [3.05, 3.63) is 29.0 Å². The van der Waals surface area contributed by atoms with Gasteiger partial charge in [0.2, 0.25) is 10.0 Å². The molecule has 0 unspecified atom stereocenters. The van der Waals surface area contributed by atoms with Crippen LogP contribution in [-0.4, -0.2) is 43.7 Å². The molecule has 1 N–H and O–H groups in total. The SMILES string of the molecule is CS(=O)(=O)NC[C@@H]1CCCCN1Cc1ccncc1Cl. The first-order valence-electron chi connectivity index (χ1n) is 6.73. The van der Waals surface area contributed by atoms with E-state index in [1.54, 1.807) is 12.4 Å². The van der Waals surface area contributed by atoms with Gasteiger partial charge in [0.1, 0.15) is 0 Å². The molecule has 1 aromatic heterocycles. The summed E-state index contributed by atoms with van der Waals surface area (Å²) in [5.41, 5.74) is 1.04. The molecule has 1 saturated heterocycles. The van der Waals surface area contributed by atoms with Gasteiger partial charge < -0.3 is 0 Å². The minimum Gasteiger partial charge on any atom is -0.295 e. The van der Waals surface area contributed by atoms with Gasteiger partial charge in [-0.3, -0.25) is 9.88 Å². The third-order valence-electron chi connectivity index (χ3n) is 3.56. The van der Waals surface area contributed by atoms with Crippen LogP contribution >= 0.6 is 11.6 Å². The Morgan fingerprint density at radius 3 is 3.00 bits per heavy atom. The lowest BCUT2D eigenvalue weighted by Gasteiger charge is -2.35. The fourth-order valence-electron chi connectivity index (χ4n) is 2.50. The molecule has 2 heterocycles. The van der Waals surface area contributed by atoms with Gasteiger partial charge in [0.15, 0.2) is 0 Å². The number of likely N-dealkylation sites (tertiary alicyclic amines) is 1. The molecule has 0 saturated carbocycles. The molecule has 112 valence electrons. The predicted octanol–water partition coefficient (Wildman–Crippen LogP) is 1.64. The Kier molecular flexibility index (Phi) is 5.37. The molecule has 0 aromatic carbocycles. The monoisotopic (exact) mass is 317 g/mol. The lowest BCUT2D eigenvalue weighted by atomic mass is 10.0. The molecule has 0 spiro atoms. The van der Waals surface area contributed by atoms with Crippen molar-refractivity contribution in [2.75, 3.05) is 19.3 Å². The maximum absolute atomic E-state index is 11.2. The zero-order chi connectivity index (χ0) is 14.6. The minimum absolute atomic E-state index is 0.225. The van der Waals surface area contributed by atoms with E-state index < -0.39 is 10.0 Å². The molecule has 2 rings (SSSR count). The zero-order valence-electron chi connectivity index (χ0n) is 11.5. The van der Waals surface area contributed by atoms with E-state index in [0.29, 0.717) is 11.6 Å². The van der Waals surface area contributed by atoms with E-state index in [1.165, 1.54) is 6.26 Å².